The van der Waals surface area contributed by atoms with Crippen LogP contribution in [0.15, 0.2) is 66.7 Å². The molecule has 2 aromatic carbocycles. The lowest BCUT2D eigenvalue weighted by atomic mass is 9.98. The molecule has 0 saturated carbocycles. The zero-order valence-corrected chi connectivity index (χ0v) is 11.0. The van der Waals surface area contributed by atoms with Gasteiger partial charge in [-0.2, -0.15) is 0 Å². The third kappa shape index (κ3) is 3.11. The zero-order chi connectivity index (χ0) is 12.8. The van der Waals surface area contributed by atoms with Crippen molar-refractivity contribution in [2.75, 3.05) is 6.26 Å². The number of hydrogen-bond acceptors (Lipinski definition) is 2. The highest BCUT2D eigenvalue weighted by molar-refractivity contribution is 8.13. The van der Waals surface area contributed by atoms with Gasteiger partial charge in [0.1, 0.15) is 0 Å². The Labute approximate surface area is 112 Å². The van der Waals surface area contributed by atoms with Crippen molar-refractivity contribution < 1.29 is 4.79 Å². The molecule has 0 aliphatic heterocycles. The van der Waals surface area contributed by atoms with Crippen LogP contribution in [0.5, 0.6) is 0 Å². The van der Waals surface area contributed by atoms with E-state index in [9.17, 15) is 4.79 Å². The van der Waals surface area contributed by atoms with Crippen LogP contribution in [0.25, 0.3) is 5.57 Å². The summed E-state index contributed by atoms with van der Waals surface area (Å²) in [6.07, 6.45) is 3.50. The Hall–Kier alpha value is -1.80. The smallest absolute Gasteiger partial charge is 0.212 e. The van der Waals surface area contributed by atoms with Crippen LogP contribution in [0.3, 0.4) is 0 Å². The highest BCUT2D eigenvalue weighted by atomic mass is 32.2. The first-order chi connectivity index (χ1) is 8.81. The Bertz CT molecular complexity index is 502. The molecule has 0 aliphatic rings. The standard InChI is InChI=1S/C16H14OS/c1-18-16(17)12-15(13-8-4-2-5-9-13)14-10-6-3-7-11-14/h2-12H,1H3. The van der Waals surface area contributed by atoms with Crippen molar-refractivity contribution in [3.63, 3.8) is 0 Å². The first kappa shape index (κ1) is 12.7. The minimum atomic E-state index is 0.0673. The molecular weight excluding hydrogens is 240 g/mol. The Balaban J connectivity index is 2.49. The van der Waals surface area contributed by atoms with E-state index in [4.69, 9.17) is 0 Å². The van der Waals surface area contributed by atoms with Gasteiger partial charge in [0.25, 0.3) is 0 Å². The third-order valence-electron chi connectivity index (χ3n) is 2.63. The third-order valence-corrected chi connectivity index (χ3v) is 3.15. The quantitative estimate of drug-likeness (QED) is 0.770. The highest BCUT2D eigenvalue weighted by Gasteiger charge is 2.06. The van der Waals surface area contributed by atoms with Crippen molar-refractivity contribution in [3.8, 4) is 0 Å². The lowest BCUT2D eigenvalue weighted by Gasteiger charge is -2.07. The van der Waals surface area contributed by atoms with E-state index in [1.807, 2.05) is 60.7 Å². The average molecular weight is 254 g/mol. The van der Waals surface area contributed by atoms with Gasteiger partial charge >= 0.3 is 0 Å². The molecule has 0 amide bonds. The van der Waals surface area contributed by atoms with Crippen LogP contribution < -0.4 is 0 Å². The van der Waals surface area contributed by atoms with Gasteiger partial charge in [-0.3, -0.25) is 4.79 Å². The van der Waals surface area contributed by atoms with Crippen LogP contribution >= 0.6 is 11.8 Å². The molecule has 2 aromatic rings. The Morgan fingerprint density at radius 2 is 1.33 bits per heavy atom. The van der Waals surface area contributed by atoms with Crippen LogP contribution in [0, 0.1) is 0 Å². The van der Waals surface area contributed by atoms with E-state index in [1.165, 1.54) is 11.8 Å². The van der Waals surface area contributed by atoms with Crippen molar-refractivity contribution in [2.45, 2.75) is 0 Å². The summed E-state index contributed by atoms with van der Waals surface area (Å²) in [4.78, 5) is 11.7. The van der Waals surface area contributed by atoms with Gasteiger partial charge in [0, 0.05) is 6.08 Å². The maximum atomic E-state index is 11.7. The van der Waals surface area contributed by atoms with Crippen molar-refractivity contribution in [1.29, 1.82) is 0 Å². The van der Waals surface area contributed by atoms with E-state index < -0.39 is 0 Å². The van der Waals surface area contributed by atoms with Gasteiger partial charge in [-0.25, -0.2) is 0 Å². The summed E-state index contributed by atoms with van der Waals surface area (Å²) in [5.41, 5.74) is 3.09. The van der Waals surface area contributed by atoms with Gasteiger partial charge in [-0.15, -0.1) is 0 Å². The molecule has 2 rings (SSSR count). The average Bonchev–Trinajstić information content (AvgIpc) is 2.46. The van der Waals surface area contributed by atoms with Crippen molar-refractivity contribution in [3.05, 3.63) is 77.9 Å². The van der Waals surface area contributed by atoms with Gasteiger partial charge in [-0.1, -0.05) is 72.4 Å². The fraction of sp³-hybridized carbons (Fsp3) is 0.0625. The van der Waals surface area contributed by atoms with Crippen molar-refractivity contribution in [1.82, 2.24) is 0 Å². The van der Waals surface area contributed by atoms with Crippen LogP contribution in [0.4, 0.5) is 0 Å². The van der Waals surface area contributed by atoms with Crippen LogP contribution in [0.1, 0.15) is 11.1 Å². The summed E-state index contributed by atoms with van der Waals surface area (Å²) < 4.78 is 0. The second kappa shape index (κ2) is 6.22. The number of benzene rings is 2. The second-order valence-electron chi connectivity index (χ2n) is 3.81. The van der Waals surface area contributed by atoms with Gasteiger partial charge in [-0.05, 0) is 23.0 Å². The minimum absolute atomic E-state index is 0.0673. The molecule has 1 nitrogen and oxygen atoms in total. The molecule has 0 fully saturated rings. The Kier molecular flexibility index (Phi) is 4.37. The molecule has 0 N–H and O–H groups in total. The maximum Gasteiger partial charge on any atom is 0.212 e. The van der Waals surface area contributed by atoms with Gasteiger partial charge in [0.2, 0.25) is 5.12 Å². The largest absolute Gasteiger partial charge is 0.282 e. The molecule has 2 heteroatoms. The van der Waals surface area contributed by atoms with E-state index >= 15 is 0 Å². The molecule has 0 aromatic heterocycles. The van der Waals surface area contributed by atoms with Crippen molar-refractivity contribution >= 4 is 22.5 Å². The van der Waals surface area contributed by atoms with Crippen LogP contribution in [0.2, 0.25) is 0 Å². The van der Waals surface area contributed by atoms with Gasteiger partial charge < -0.3 is 0 Å². The van der Waals surface area contributed by atoms with E-state index in [2.05, 4.69) is 0 Å². The second-order valence-corrected chi connectivity index (χ2v) is 4.62. The molecule has 18 heavy (non-hydrogen) atoms. The highest BCUT2D eigenvalue weighted by Crippen LogP contribution is 2.23. The van der Waals surface area contributed by atoms with E-state index in [-0.39, 0.29) is 5.12 Å². The first-order valence-corrected chi connectivity index (χ1v) is 6.94. The summed E-state index contributed by atoms with van der Waals surface area (Å²) in [6.45, 7) is 0. The number of carbonyl (C=O) groups is 1. The number of thioether (sulfide) groups is 1. The predicted octanol–water partition coefficient (Wildman–Crippen LogP) is 4.01. The SMILES string of the molecule is CSC(=O)C=C(c1ccccc1)c1ccccc1. The molecule has 0 unspecified atom stereocenters. The molecule has 0 aliphatic carbocycles. The van der Waals surface area contributed by atoms with Crippen molar-refractivity contribution in [2.24, 2.45) is 0 Å². The minimum Gasteiger partial charge on any atom is -0.282 e. The van der Waals surface area contributed by atoms with Gasteiger partial charge in [0.05, 0.1) is 0 Å². The summed E-state index contributed by atoms with van der Waals surface area (Å²) in [7, 11) is 0. The molecule has 0 radical (unpaired) electrons. The number of rotatable bonds is 3. The van der Waals surface area contributed by atoms with E-state index in [0.29, 0.717) is 0 Å². The number of carbonyl (C=O) groups excluding carboxylic acids is 1. The fourth-order valence-electron chi connectivity index (χ4n) is 1.75. The zero-order valence-electron chi connectivity index (χ0n) is 10.2. The van der Waals surface area contributed by atoms with E-state index in [1.54, 1.807) is 12.3 Å². The fourth-order valence-corrected chi connectivity index (χ4v) is 1.98. The summed E-state index contributed by atoms with van der Waals surface area (Å²) in [5, 5.41) is 0.0673. The molecule has 0 saturated heterocycles. The first-order valence-electron chi connectivity index (χ1n) is 5.72. The lowest BCUT2D eigenvalue weighted by molar-refractivity contribution is -0.106. The Morgan fingerprint density at radius 3 is 1.72 bits per heavy atom. The molecule has 0 atom stereocenters. The van der Waals surface area contributed by atoms with E-state index in [0.717, 1.165) is 16.7 Å². The molecule has 0 bridgehead atoms. The molecule has 0 spiro atoms. The lowest BCUT2D eigenvalue weighted by Crippen LogP contribution is -1.92. The van der Waals surface area contributed by atoms with Gasteiger partial charge in [0.15, 0.2) is 0 Å². The summed E-state index contributed by atoms with van der Waals surface area (Å²) in [6, 6.07) is 20.0. The van der Waals surface area contributed by atoms with Crippen LogP contribution in [-0.2, 0) is 4.79 Å². The molecule has 90 valence electrons. The predicted molar refractivity (Wildman–Crippen MR) is 78.5 cm³/mol. The summed E-state index contributed by atoms with van der Waals surface area (Å²) >= 11 is 1.23. The maximum absolute atomic E-state index is 11.7. The van der Waals surface area contributed by atoms with Crippen LogP contribution in [-0.4, -0.2) is 11.4 Å². The normalized spacial score (nSPS) is 9.83. The molecule has 0 heterocycles. The number of hydrogen-bond donors (Lipinski definition) is 0. The molecular formula is C16H14OS. The topological polar surface area (TPSA) is 17.1 Å². The summed E-state index contributed by atoms with van der Waals surface area (Å²) in [5.74, 6) is 0. The monoisotopic (exact) mass is 254 g/mol. The Morgan fingerprint density at radius 1 is 0.889 bits per heavy atom.